The van der Waals surface area contributed by atoms with Crippen LogP contribution in [0.25, 0.3) is 11.2 Å². The number of ether oxygens (including phenoxy) is 1. The van der Waals surface area contributed by atoms with Crippen LogP contribution in [-0.4, -0.2) is 79.0 Å². The number of hydrogen-bond donors (Lipinski definition) is 3. The topological polar surface area (TPSA) is 118 Å². The fraction of sp³-hybridized carbons (Fsp3) is 0.688. The summed E-state index contributed by atoms with van der Waals surface area (Å²) in [5.41, 5.74) is 4.44. The van der Waals surface area contributed by atoms with E-state index in [2.05, 4.69) is 25.4 Å². The van der Waals surface area contributed by atoms with E-state index in [0.717, 1.165) is 25.9 Å². The van der Waals surface area contributed by atoms with Crippen molar-refractivity contribution in [3.05, 3.63) is 12.7 Å². The van der Waals surface area contributed by atoms with Crippen LogP contribution in [-0.2, 0) is 8.92 Å². The molecular weight excluding hydrogens is 372 g/mol. The van der Waals surface area contributed by atoms with Crippen LogP contribution in [0.15, 0.2) is 12.7 Å². The second kappa shape index (κ2) is 8.25. The molecule has 2 aliphatic rings. The first-order valence-electron chi connectivity index (χ1n) is 9.05. The van der Waals surface area contributed by atoms with Gasteiger partial charge in [0.1, 0.15) is 24.6 Å². The minimum Gasteiger partial charge on any atom is -0.387 e. The summed E-state index contributed by atoms with van der Waals surface area (Å²) in [6.07, 6.45) is 4.76. The molecule has 2 fully saturated rings. The molecule has 11 heteroatoms. The lowest BCUT2D eigenvalue weighted by Gasteiger charge is -2.27. The zero-order valence-electron chi connectivity index (χ0n) is 15.1. The highest BCUT2D eigenvalue weighted by Crippen LogP contribution is 2.32. The van der Waals surface area contributed by atoms with Crippen LogP contribution in [0.5, 0.6) is 0 Å². The third-order valence-electron chi connectivity index (χ3n) is 4.94. The lowest BCUT2D eigenvalue weighted by molar-refractivity contribution is -0.0453. The third-order valence-corrected chi connectivity index (χ3v) is 5.31. The van der Waals surface area contributed by atoms with Crippen molar-refractivity contribution >= 4 is 29.0 Å². The van der Waals surface area contributed by atoms with Gasteiger partial charge in [-0.3, -0.25) is 4.57 Å². The van der Waals surface area contributed by atoms with Gasteiger partial charge in [0.25, 0.3) is 0 Å². The Kier molecular flexibility index (Phi) is 5.76. The monoisotopic (exact) mass is 396 g/mol. The Balaban J connectivity index is 1.57. The van der Waals surface area contributed by atoms with Crippen LogP contribution in [0.1, 0.15) is 25.5 Å². The maximum atomic E-state index is 10.4. The molecule has 0 spiro atoms. The number of fused-ring (bicyclic) bond motifs is 1. The minimum atomic E-state index is -1.11. The Hall–Kier alpha value is -1.50. The number of aliphatic hydroxyl groups is 2. The molecule has 4 rings (SSSR count). The predicted octanol–water partition coefficient (Wildman–Crippen LogP) is 0.553. The number of piperidine rings is 1. The molecule has 4 atom stereocenters. The fourth-order valence-corrected chi connectivity index (χ4v) is 3.78. The van der Waals surface area contributed by atoms with Gasteiger partial charge >= 0.3 is 0 Å². The molecule has 0 unspecified atom stereocenters. The summed E-state index contributed by atoms with van der Waals surface area (Å²) in [4.78, 5) is 13.0. The molecule has 0 aliphatic carbocycles. The van der Waals surface area contributed by atoms with Gasteiger partial charge in [0.05, 0.1) is 12.9 Å². The highest BCUT2D eigenvalue weighted by atomic mass is 32.2. The molecule has 3 N–H and O–H groups in total. The lowest BCUT2D eigenvalue weighted by Crippen LogP contribution is -2.35. The van der Waals surface area contributed by atoms with Gasteiger partial charge in [-0.15, -0.1) is 0 Å². The molecule has 0 radical (unpaired) electrons. The molecular formula is C16H24N6O4S. The summed E-state index contributed by atoms with van der Waals surface area (Å²) < 4.78 is 12.7. The Morgan fingerprint density at radius 1 is 1.22 bits per heavy atom. The van der Waals surface area contributed by atoms with E-state index in [1.165, 1.54) is 24.8 Å². The number of aromatic nitrogens is 4. The summed E-state index contributed by atoms with van der Waals surface area (Å²) in [5.74, 6) is 0.621. The van der Waals surface area contributed by atoms with Crippen molar-refractivity contribution in [2.45, 2.75) is 43.8 Å². The molecule has 0 saturated carbocycles. The zero-order chi connectivity index (χ0) is 18.8. The van der Waals surface area contributed by atoms with E-state index in [4.69, 9.17) is 8.92 Å². The average molecular weight is 396 g/mol. The van der Waals surface area contributed by atoms with Crippen LogP contribution in [0.4, 0.5) is 5.82 Å². The maximum Gasteiger partial charge on any atom is 0.172 e. The van der Waals surface area contributed by atoms with Gasteiger partial charge in [0.15, 0.2) is 23.2 Å². The van der Waals surface area contributed by atoms with Crippen molar-refractivity contribution in [3.8, 4) is 0 Å². The van der Waals surface area contributed by atoms with Gasteiger partial charge in [-0.25, -0.2) is 20.0 Å². The molecule has 10 nitrogen and oxygen atoms in total. The van der Waals surface area contributed by atoms with Crippen molar-refractivity contribution < 1.29 is 19.1 Å². The lowest BCUT2D eigenvalue weighted by atomic mass is 10.1. The molecule has 0 amide bonds. The average Bonchev–Trinajstić information content (AvgIpc) is 3.24. The van der Waals surface area contributed by atoms with E-state index in [1.54, 1.807) is 17.2 Å². The molecule has 2 aromatic heterocycles. The highest BCUT2D eigenvalue weighted by Gasteiger charge is 2.44. The van der Waals surface area contributed by atoms with Gasteiger partial charge in [-0.1, -0.05) is 6.42 Å². The number of hydrazine groups is 1. The van der Waals surface area contributed by atoms with Crippen LogP contribution in [0.2, 0.25) is 0 Å². The Morgan fingerprint density at radius 2 is 2.04 bits per heavy atom. The molecule has 148 valence electrons. The normalized spacial score (nSPS) is 29.4. The van der Waals surface area contributed by atoms with Gasteiger partial charge in [0.2, 0.25) is 0 Å². The van der Waals surface area contributed by atoms with Crippen molar-refractivity contribution in [1.82, 2.24) is 24.5 Å². The van der Waals surface area contributed by atoms with E-state index in [9.17, 15) is 10.2 Å². The van der Waals surface area contributed by atoms with Crippen molar-refractivity contribution in [3.63, 3.8) is 0 Å². The second-order valence-electron chi connectivity index (χ2n) is 6.70. The summed E-state index contributed by atoms with van der Waals surface area (Å²) in [7, 11) is 0. The Morgan fingerprint density at radius 3 is 2.81 bits per heavy atom. The quantitative estimate of drug-likeness (QED) is 0.598. The van der Waals surface area contributed by atoms with Crippen molar-refractivity contribution in [2.75, 3.05) is 31.4 Å². The minimum absolute atomic E-state index is 0.180. The number of aliphatic hydroxyl groups excluding tert-OH is 2. The van der Waals surface area contributed by atoms with Crippen LogP contribution in [0.3, 0.4) is 0 Å². The number of hydrogen-bond acceptors (Lipinski definition) is 10. The van der Waals surface area contributed by atoms with Crippen molar-refractivity contribution in [2.24, 2.45) is 0 Å². The zero-order valence-corrected chi connectivity index (χ0v) is 15.9. The first-order chi connectivity index (χ1) is 13.2. The fourth-order valence-electron chi connectivity index (χ4n) is 3.51. The Labute approximate surface area is 161 Å². The number of imidazole rings is 1. The summed E-state index contributed by atoms with van der Waals surface area (Å²) in [6.45, 7) is 2.10. The molecule has 27 heavy (non-hydrogen) atoms. The number of nitrogens with one attached hydrogen (secondary N) is 1. The Bertz CT molecular complexity index is 770. The number of rotatable bonds is 6. The molecule has 0 bridgehead atoms. The number of anilines is 1. The van der Waals surface area contributed by atoms with Crippen LogP contribution in [0, 0.1) is 0 Å². The van der Waals surface area contributed by atoms with Gasteiger partial charge in [-0.05, 0) is 24.9 Å². The van der Waals surface area contributed by atoms with E-state index in [-0.39, 0.29) is 6.61 Å². The van der Waals surface area contributed by atoms with E-state index in [0.29, 0.717) is 17.0 Å². The molecule has 2 saturated heterocycles. The van der Waals surface area contributed by atoms with Crippen LogP contribution < -0.4 is 5.43 Å². The largest absolute Gasteiger partial charge is 0.387 e. The number of nitrogens with zero attached hydrogens (tertiary/aromatic N) is 5. The summed E-state index contributed by atoms with van der Waals surface area (Å²) >= 11 is 1.19. The standard InChI is InChI=1S/C16H24N6O4S/c1-27-25-7-10-12(23)13(24)16(26-10)22-9-19-11-14(17-8-18-15(11)22)20-21-5-3-2-4-6-21/h8-10,12-13,16,23-24H,2-7H2,1H3,(H,17,18,20)/t10-,12-,13-,16-/m1/s1. The predicted molar refractivity (Wildman–Crippen MR) is 99.8 cm³/mol. The summed E-state index contributed by atoms with van der Waals surface area (Å²) in [6, 6.07) is 0. The first-order valence-corrected chi connectivity index (χ1v) is 10.2. The molecule has 0 aromatic carbocycles. The van der Waals surface area contributed by atoms with E-state index in [1.807, 2.05) is 0 Å². The smallest absolute Gasteiger partial charge is 0.172 e. The molecule has 2 aliphatic heterocycles. The van der Waals surface area contributed by atoms with Crippen molar-refractivity contribution in [1.29, 1.82) is 0 Å². The van der Waals surface area contributed by atoms with Gasteiger partial charge < -0.3 is 24.6 Å². The van der Waals surface area contributed by atoms with Crippen LogP contribution >= 0.6 is 12.0 Å². The SMILES string of the molecule is CSOC[C@H]1O[C@@H](n2cnc3c(NN4CCCCC4)ncnc32)[C@H](O)[C@@H]1O. The summed E-state index contributed by atoms with van der Waals surface area (Å²) in [5, 5.41) is 22.8. The maximum absolute atomic E-state index is 10.4. The van der Waals surface area contributed by atoms with Gasteiger partial charge in [-0.2, -0.15) is 0 Å². The molecule has 2 aromatic rings. The van der Waals surface area contributed by atoms with E-state index < -0.39 is 24.5 Å². The molecule has 4 heterocycles. The van der Waals surface area contributed by atoms with E-state index >= 15 is 0 Å². The highest BCUT2D eigenvalue weighted by molar-refractivity contribution is 7.93. The third kappa shape index (κ3) is 3.75. The second-order valence-corrected chi connectivity index (χ2v) is 7.27. The first kappa shape index (κ1) is 18.8. The van der Waals surface area contributed by atoms with Gasteiger partial charge in [0, 0.05) is 19.3 Å².